The number of hydrogen-bond acceptors (Lipinski definition) is 4. The maximum Gasteiger partial charge on any atom is 0.339 e. The first-order valence-electron chi connectivity index (χ1n) is 7.18. The van der Waals surface area contributed by atoms with Crippen molar-refractivity contribution in [2.45, 2.75) is 13.5 Å². The molecule has 0 unspecified atom stereocenters. The van der Waals surface area contributed by atoms with Gasteiger partial charge in [0.15, 0.2) is 11.6 Å². The molecule has 0 aliphatic rings. The van der Waals surface area contributed by atoms with Crippen LogP contribution >= 0.6 is 0 Å². The van der Waals surface area contributed by atoms with Crippen LogP contribution in [0.1, 0.15) is 18.1 Å². The second-order valence-corrected chi connectivity index (χ2v) is 5.08. The molecule has 2 aromatic rings. The fourth-order valence-corrected chi connectivity index (χ4v) is 2.24. The van der Waals surface area contributed by atoms with Gasteiger partial charge in [-0.15, -0.1) is 0 Å². The van der Waals surface area contributed by atoms with Crippen LogP contribution in [0.3, 0.4) is 0 Å². The third kappa shape index (κ3) is 3.84. The van der Waals surface area contributed by atoms with E-state index in [0.717, 1.165) is 0 Å². The van der Waals surface area contributed by atoms with Gasteiger partial charge in [0.25, 0.3) is 0 Å². The summed E-state index contributed by atoms with van der Waals surface area (Å²) in [6, 6.07) is 11.0. The Labute approximate surface area is 139 Å². The van der Waals surface area contributed by atoms with Crippen molar-refractivity contribution in [3.63, 3.8) is 0 Å². The molecular formula is C18H18FNO4. The van der Waals surface area contributed by atoms with Crippen LogP contribution in [0.2, 0.25) is 0 Å². The Morgan fingerprint density at radius 3 is 2.58 bits per heavy atom. The van der Waals surface area contributed by atoms with Gasteiger partial charge in [-0.25, -0.2) is 9.18 Å². The van der Waals surface area contributed by atoms with Gasteiger partial charge in [0.2, 0.25) is 0 Å². The monoisotopic (exact) mass is 331 g/mol. The van der Waals surface area contributed by atoms with Gasteiger partial charge in [-0.05, 0) is 30.2 Å². The number of nitrogens with two attached hydrogens (primary N) is 1. The second kappa shape index (κ2) is 7.50. The summed E-state index contributed by atoms with van der Waals surface area (Å²) in [6.45, 7) is 1.57. The summed E-state index contributed by atoms with van der Waals surface area (Å²) >= 11 is 0. The molecule has 0 aliphatic carbocycles. The summed E-state index contributed by atoms with van der Waals surface area (Å²) in [5.74, 6) is -1.37. The summed E-state index contributed by atoms with van der Waals surface area (Å²) in [5.41, 5.74) is 6.89. The zero-order valence-electron chi connectivity index (χ0n) is 13.4. The molecule has 2 aromatic carbocycles. The van der Waals surface area contributed by atoms with E-state index >= 15 is 0 Å². The van der Waals surface area contributed by atoms with Crippen molar-refractivity contribution < 1.29 is 23.8 Å². The molecule has 0 spiro atoms. The van der Waals surface area contributed by atoms with Gasteiger partial charge in [-0.1, -0.05) is 24.3 Å². The fraction of sp³-hybridized carbons (Fsp3) is 0.167. The van der Waals surface area contributed by atoms with Crippen molar-refractivity contribution in [3.8, 4) is 5.75 Å². The Morgan fingerprint density at radius 2 is 1.96 bits per heavy atom. The number of anilines is 1. The minimum Gasteiger partial charge on any atom is -0.500 e. The van der Waals surface area contributed by atoms with Crippen LogP contribution in [0.15, 0.2) is 48.2 Å². The van der Waals surface area contributed by atoms with Crippen LogP contribution in [0.25, 0.3) is 5.57 Å². The number of hydrogen-bond donors (Lipinski definition) is 2. The number of methoxy groups -OCH3 is 1. The maximum atomic E-state index is 13.8. The number of ether oxygens (including phenoxy) is 2. The molecule has 0 saturated carbocycles. The molecule has 0 heterocycles. The van der Waals surface area contributed by atoms with Gasteiger partial charge in [0.1, 0.15) is 17.9 Å². The first-order valence-corrected chi connectivity index (χ1v) is 7.18. The number of carbonyl (C=O) groups is 1. The quantitative estimate of drug-likeness (QED) is 0.481. The number of carboxylic acid groups (broad SMARTS) is 1. The Kier molecular flexibility index (Phi) is 5.42. The Hall–Kier alpha value is -3.02. The minimum atomic E-state index is -1.11. The van der Waals surface area contributed by atoms with Gasteiger partial charge >= 0.3 is 5.97 Å². The van der Waals surface area contributed by atoms with Gasteiger partial charge in [-0.2, -0.15) is 0 Å². The lowest BCUT2D eigenvalue weighted by molar-refractivity contribution is -0.130. The topological polar surface area (TPSA) is 81.8 Å². The van der Waals surface area contributed by atoms with Gasteiger partial charge in [0, 0.05) is 11.8 Å². The van der Waals surface area contributed by atoms with Crippen LogP contribution in [0.5, 0.6) is 5.75 Å². The number of allylic oxidation sites excluding steroid dienone is 1. The molecule has 5 nitrogen and oxygen atoms in total. The molecule has 0 bridgehead atoms. The highest BCUT2D eigenvalue weighted by atomic mass is 19.1. The normalized spacial score (nSPS) is 11.6. The third-order valence-corrected chi connectivity index (χ3v) is 3.50. The molecule has 0 saturated heterocycles. The molecule has 0 radical (unpaired) electrons. The summed E-state index contributed by atoms with van der Waals surface area (Å²) < 4.78 is 24.3. The van der Waals surface area contributed by atoms with Crippen molar-refractivity contribution in [1.82, 2.24) is 0 Å². The van der Waals surface area contributed by atoms with Gasteiger partial charge < -0.3 is 20.3 Å². The second-order valence-electron chi connectivity index (χ2n) is 5.08. The Balaban J connectivity index is 2.34. The smallest absolute Gasteiger partial charge is 0.339 e. The van der Waals surface area contributed by atoms with Crippen LogP contribution in [0.4, 0.5) is 10.1 Å². The van der Waals surface area contributed by atoms with Gasteiger partial charge in [0.05, 0.1) is 7.11 Å². The lowest BCUT2D eigenvalue weighted by atomic mass is 9.99. The molecule has 0 aromatic heterocycles. The highest BCUT2D eigenvalue weighted by Gasteiger charge is 2.18. The summed E-state index contributed by atoms with van der Waals surface area (Å²) in [5, 5.41) is 9.46. The lowest BCUT2D eigenvalue weighted by Gasteiger charge is -2.14. The highest BCUT2D eigenvalue weighted by molar-refractivity contribution is 6.16. The van der Waals surface area contributed by atoms with Crippen molar-refractivity contribution in [2.24, 2.45) is 0 Å². The van der Waals surface area contributed by atoms with E-state index in [2.05, 4.69) is 0 Å². The molecule has 0 atom stereocenters. The predicted molar refractivity (Wildman–Crippen MR) is 88.8 cm³/mol. The number of carboxylic acids is 1. The maximum absolute atomic E-state index is 13.8. The summed E-state index contributed by atoms with van der Waals surface area (Å²) in [6.07, 6.45) is 0. The Bertz CT molecular complexity index is 786. The number of halogens is 1. The molecule has 0 aliphatic heterocycles. The lowest BCUT2D eigenvalue weighted by Crippen LogP contribution is -2.08. The number of rotatable bonds is 6. The molecule has 0 fully saturated rings. The molecule has 0 amide bonds. The van der Waals surface area contributed by atoms with Crippen LogP contribution in [-0.2, 0) is 16.1 Å². The number of benzene rings is 2. The number of aliphatic carboxylic acids is 1. The van der Waals surface area contributed by atoms with Crippen LogP contribution in [0, 0.1) is 5.82 Å². The first kappa shape index (κ1) is 17.3. The fourth-order valence-electron chi connectivity index (χ4n) is 2.24. The summed E-state index contributed by atoms with van der Waals surface area (Å²) in [4.78, 5) is 11.6. The largest absolute Gasteiger partial charge is 0.500 e. The average molecular weight is 331 g/mol. The molecule has 3 N–H and O–H groups in total. The van der Waals surface area contributed by atoms with Gasteiger partial charge in [-0.3, -0.25) is 0 Å². The number of nitrogen functional groups attached to an aromatic ring is 1. The molecule has 24 heavy (non-hydrogen) atoms. The average Bonchev–Trinajstić information content (AvgIpc) is 2.55. The summed E-state index contributed by atoms with van der Waals surface area (Å²) in [7, 11) is 1.40. The zero-order valence-corrected chi connectivity index (χ0v) is 13.4. The van der Waals surface area contributed by atoms with E-state index in [4.69, 9.17) is 15.2 Å². The van der Waals surface area contributed by atoms with E-state index in [1.54, 1.807) is 31.2 Å². The SMILES string of the molecule is CO/C(C)=C(/C(=O)O)c1ccccc1COc1ccc(N)cc1F. The molecule has 126 valence electrons. The zero-order chi connectivity index (χ0) is 17.7. The Morgan fingerprint density at radius 1 is 1.25 bits per heavy atom. The van der Waals surface area contributed by atoms with E-state index in [1.807, 2.05) is 0 Å². The standard InChI is InChI=1S/C18H18FNO4/c1-11(23-2)17(18(21)22)14-6-4-3-5-12(14)10-24-16-8-7-13(20)9-15(16)19/h3-9H,10,20H2,1-2H3,(H,21,22)/b17-11+. The van der Waals surface area contributed by atoms with Crippen molar-refractivity contribution in [3.05, 3.63) is 65.2 Å². The van der Waals surface area contributed by atoms with E-state index in [-0.39, 0.29) is 23.7 Å². The molecular weight excluding hydrogens is 313 g/mol. The predicted octanol–water partition coefficient (Wildman–Crippen LogP) is 3.45. The van der Waals surface area contributed by atoms with Crippen molar-refractivity contribution in [2.75, 3.05) is 12.8 Å². The first-order chi connectivity index (χ1) is 11.4. The van der Waals surface area contributed by atoms with Crippen LogP contribution < -0.4 is 10.5 Å². The van der Waals surface area contributed by atoms with Crippen LogP contribution in [-0.4, -0.2) is 18.2 Å². The van der Waals surface area contributed by atoms with E-state index < -0.39 is 11.8 Å². The van der Waals surface area contributed by atoms with E-state index in [1.165, 1.54) is 25.3 Å². The third-order valence-electron chi connectivity index (χ3n) is 3.50. The molecule has 2 rings (SSSR count). The van der Waals surface area contributed by atoms with Crippen molar-refractivity contribution >= 4 is 17.2 Å². The van der Waals surface area contributed by atoms with Crippen molar-refractivity contribution in [1.29, 1.82) is 0 Å². The van der Waals surface area contributed by atoms with E-state index in [9.17, 15) is 14.3 Å². The minimum absolute atomic E-state index is 0.00475. The molecule has 6 heteroatoms. The van der Waals surface area contributed by atoms with E-state index in [0.29, 0.717) is 16.8 Å². The highest BCUT2D eigenvalue weighted by Crippen LogP contribution is 2.26.